The highest BCUT2D eigenvalue weighted by atomic mass is 19.1. The summed E-state index contributed by atoms with van der Waals surface area (Å²) in [5.41, 5.74) is 4.04. The zero-order valence-corrected chi connectivity index (χ0v) is 17.8. The summed E-state index contributed by atoms with van der Waals surface area (Å²) in [6.45, 7) is 4.34. The van der Waals surface area contributed by atoms with Gasteiger partial charge in [-0.3, -0.25) is 14.4 Å². The van der Waals surface area contributed by atoms with Crippen molar-refractivity contribution in [3.63, 3.8) is 0 Å². The number of hydrogen-bond acceptors (Lipinski definition) is 4. The molecular formula is C24H27FN4O2. The number of rotatable bonds is 7. The maximum Gasteiger partial charge on any atom is 0.255 e. The van der Waals surface area contributed by atoms with Crippen molar-refractivity contribution in [3.8, 4) is 17.0 Å². The van der Waals surface area contributed by atoms with Gasteiger partial charge in [-0.2, -0.15) is 5.10 Å². The molecule has 1 aliphatic heterocycles. The van der Waals surface area contributed by atoms with Gasteiger partial charge in [-0.05, 0) is 49.7 Å². The minimum Gasteiger partial charge on any atom is -0.492 e. The lowest BCUT2D eigenvalue weighted by Gasteiger charge is -2.17. The van der Waals surface area contributed by atoms with E-state index in [1.54, 1.807) is 16.9 Å². The van der Waals surface area contributed by atoms with Crippen LogP contribution in [-0.4, -0.2) is 53.0 Å². The third kappa shape index (κ3) is 5.11. The van der Waals surface area contributed by atoms with Crippen LogP contribution in [-0.2, 0) is 7.05 Å². The van der Waals surface area contributed by atoms with E-state index in [0.29, 0.717) is 43.1 Å². The second-order valence-corrected chi connectivity index (χ2v) is 7.91. The van der Waals surface area contributed by atoms with Crippen molar-refractivity contribution in [3.05, 3.63) is 65.9 Å². The molecule has 0 saturated carbocycles. The number of ether oxygens (including phenoxy) is 1. The van der Waals surface area contributed by atoms with Crippen LogP contribution >= 0.6 is 0 Å². The molecule has 7 heteroatoms. The fourth-order valence-electron chi connectivity index (χ4n) is 3.83. The first-order chi connectivity index (χ1) is 15.0. The Hall–Kier alpha value is -3.19. The lowest BCUT2D eigenvalue weighted by Crippen LogP contribution is -2.26. The van der Waals surface area contributed by atoms with Crippen molar-refractivity contribution in [1.29, 1.82) is 0 Å². The van der Waals surface area contributed by atoms with Gasteiger partial charge in [0, 0.05) is 49.7 Å². The number of nitrogens with zero attached hydrogens (tertiary/aromatic N) is 3. The van der Waals surface area contributed by atoms with Crippen LogP contribution in [0, 0.1) is 6.92 Å². The van der Waals surface area contributed by atoms with Gasteiger partial charge in [0.1, 0.15) is 18.5 Å². The smallest absolute Gasteiger partial charge is 0.255 e. The second kappa shape index (κ2) is 9.31. The van der Waals surface area contributed by atoms with Crippen molar-refractivity contribution >= 4 is 11.6 Å². The van der Waals surface area contributed by atoms with E-state index in [9.17, 15) is 9.18 Å². The monoisotopic (exact) mass is 422 g/mol. The summed E-state index contributed by atoms with van der Waals surface area (Å²) < 4.78 is 21.2. The third-order valence-electron chi connectivity index (χ3n) is 5.49. The molecule has 31 heavy (non-hydrogen) atoms. The number of alkyl halides is 1. The number of nitrogens with one attached hydrogen (secondary N) is 1. The molecule has 1 saturated heterocycles. The third-order valence-corrected chi connectivity index (χ3v) is 5.49. The lowest BCUT2D eigenvalue weighted by atomic mass is 10.1. The summed E-state index contributed by atoms with van der Waals surface area (Å²) >= 11 is 0. The van der Waals surface area contributed by atoms with E-state index < -0.39 is 6.17 Å². The Morgan fingerprint density at radius 1 is 1.26 bits per heavy atom. The van der Waals surface area contributed by atoms with Crippen molar-refractivity contribution in [2.45, 2.75) is 19.5 Å². The van der Waals surface area contributed by atoms with Crippen molar-refractivity contribution in [2.24, 2.45) is 7.05 Å². The first-order valence-electron chi connectivity index (χ1n) is 10.5. The van der Waals surface area contributed by atoms with E-state index in [0.717, 1.165) is 23.4 Å². The van der Waals surface area contributed by atoms with Gasteiger partial charge in [-0.1, -0.05) is 17.7 Å². The van der Waals surface area contributed by atoms with Crippen LogP contribution in [0.5, 0.6) is 5.75 Å². The van der Waals surface area contributed by atoms with E-state index in [4.69, 9.17) is 4.74 Å². The zero-order chi connectivity index (χ0) is 21.8. The van der Waals surface area contributed by atoms with Crippen LogP contribution in [0.2, 0.25) is 0 Å². The molecule has 1 aliphatic rings. The Morgan fingerprint density at radius 2 is 2.13 bits per heavy atom. The van der Waals surface area contributed by atoms with Gasteiger partial charge in [-0.25, -0.2) is 4.39 Å². The van der Waals surface area contributed by atoms with Crippen molar-refractivity contribution < 1.29 is 13.9 Å². The molecular weight excluding hydrogens is 395 g/mol. The Labute approximate surface area is 181 Å². The molecule has 162 valence electrons. The molecule has 1 aromatic heterocycles. The number of likely N-dealkylation sites (tertiary alicyclic amines) is 1. The average molecular weight is 423 g/mol. The topological polar surface area (TPSA) is 59.4 Å². The highest BCUT2D eigenvalue weighted by Crippen LogP contribution is 2.32. The van der Waals surface area contributed by atoms with Gasteiger partial charge >= 0.3 is 0 Å². The number of hydrogen-bond donors (Lipinski definition) is 1. The van der Waals surface area contributed by atoms with Gasteiger partial charge in [0.25, 0.3) is 5.91 Å². The van der Waals surface area contributed by atoms with Crippen LogP contribution < -0.4 is 10.1 Å². The van der Waals surface area contributed by atoms with Crippen LogP contribution in [0.15, 0.2) is 54.7 Å². The average Bonchev–Trinajstić information content (AvgIpc) is 3.36. The van der Waals surface area contributed by atoms with Crippen molar-refractivity contribution in [2.75, 3.05) is 31.6 Å². The van der Waals surface area contributed by atoms with Crippen molar-refractivity contribution in [1.82, 2.24) is 14.7 Å². The molecule has 1 fully saturated rings. The maximum absolute atomic E-state index is 13.4. The maximum atomic E-state index is 13.4. The second-order valence-electron chi connectivity index (χ2n) is 7.91. The van der Waals surface area contributed by atoms with E-state index in [-0.39, 0.29) is 5.91 Å². The molecule has 6 nitrogen and oxygen atoms in total. The number of halogens is 1. The molecule has 0 bridgehead atoms. The molecule has 4 rings (SSSR count). The molecule has 0 radical (unpaired) electrons. The molecule has 1 N–H and O–H groups in total. The molecule has 0 spiro atoms. The largest absolute Gasteiger partial charge is 0.492 e. The van der Waals surface area contributed by atoms with E-state index in [1.165, 1.54) is 0 Å². The standard InChI is InChI=1S/C24H27FN4O2/c1-17-4-3-5-18(14-17)24(30)27-20-6-7-23(21(15-20)22-8-10-26-28(22)2)31-13-12-29-11-9-19(25)16-29/h3-8,10,14-15,19H,9,11-13,16H2,1-2H3,(H,27,30)/t19-/m0/s1. The number of aromatic nitrogens is 2. The predicted molar refractivity (Wildman–Crippen MR) is 119 cm³/mol. The first-order valence-corrected chi connectivity index (χ1v) is 10.5. The minimum absolute atomic E-state index is 0.164. The number of amides is 1. The normalized spacial score (nSPS) is 16.4. The fourth-order valence-corrected chi connectivity index (χ4v) is 3.83. The first kappa shape index (κ1) is 21.1. The Kier molecular flexibility index (Phi) is 6.32. The van der Waals surface area contributed by atoms with Crippen LogP contribution in [0.3, 0.4) is 0 Å². The van der Waals surface area contributed by atoms with Gasteiger partial charge < -0.3 is 10.1 Å². The molecule has 2 aromatic carbocycles. The van der Waals surface area contributed by atoms with Gasteiger partial charge in [-0.15, -0.1) is 0 Å². The van der Waals surface area contributed by atoms with E-state index >= 15 is 0 Å². The summed E-state index contributed by atoms with van der Waals surface area (Å²) in [6, 6.07) is 15.0. The Bertz CT molecular complexity index is 1070. The molecule has 3 aromatic rings. The molecule has 1 amide bonds. The van der Waals surface area contributed by atoms with E-state index in [2.05, 4.69) is 15.3 Å². The minimum atomic E-state index is -0.735. The molecule has 0 aliphatic carbocycles. The SMILES string of the molecule is Cc1cccc(C(=O)Nc2ccc(OCCN3CC[C@H](F)C3)c(-c3ccnn3C)c2)c1. The lowest BCUT2D eigenvalue weighted by molar-refractivity contribution is 0.102. The quantitative estimate of drug-likeness (QED) is 0.624. The van der Waals surface area contributed by atoms with Gasteiger partial charge in [0.2, 0.25) is 0 Å². The molecule has 1 atom stereocenters. The Morgan fingerprint density at radius 3 is 2.84 bits per heavy atom. The fraction of sp³-hybridized carbons (Fsp3) is 0.333. The van der Waals surface area contributed by atoms with Gasteiger partial charge in [0.15, 0.2) is 0 Å². The summed E-state index contributed by atoms with van der Waals surface area (Å²) in [5.74, 6) is 0.538. The predicted octanol–water partition coefficient (Wildman–Crippen LogP) is 4.07. The van der Waals surface area contributed by atoms with Gasteiger partial charge in [0.05, 0.1) is 5.69 Å². The number of carbonyl (C=O) groups is 1. The summed E-state index contributed by atoms with van der Waals surface area (Å²) in [7, 11) is 1.86. The molecule has 0 unspecified atom stereocenters. The highest BCUT2D eigenvalue weighted by Gasteiger charge is 2.21. The zero-order valence-electron chi connectivity index (χ0n) is 17.8. The summed E-state index contributed by atoms with van der Waals surface area (Å²) in [6.07, 6.45) is 1.58. The van der Waals surface area contributed by atoms with Crippen LogP contribution in [0.4, 0.5) is 10.1 Å². The number of aryl methyl sites for hydroxylation is 2. The number of carbonyl (C=O) groups excluding carboxylic acids is 1. The summed E-state index contributed by atoms with van der Waals surface area (Å²) in [4.78, 5) is 14.7. The van der Waals surface area contributed by atoms with Crippen LogP contribution in [0.25, 0.3) is 11.3 Å². The summed E-state index contributed by atoms with van der Waals surface area (Å²) in [5, 5.41) is 7.22. The van der Waals surface area contributed by atoms with E-state index in [1.807, 2.05) is 56.4 Å². The Balaban J connectivity index is 1.52. The number of anilines is 1. The molecule has 2 heterocycles. The number of benzene rings is 2. The van der Waals surface area contributed by atoms with Crippen LogP contribution in [0.1, 0.15) is 22.3 Å². The highest BCUT2D eigenvalue weighted by molar-refractivity contribution is 6.04.